The molecule has 2 aliphatic rings. The Balaban J connectivity index is 1.16. The topological polar surface area (TPSA) is 126 Å². The maximum atomic E-state index is 13.7. The van der Waals surface area contributed by atoms with Crippen LogP contribution in [0.5, 0.6) is 0 Å². The summed E-state index contributed by atoms with van der Waals surface area (Å²) in [5.74, 6) is 1.20. The number of anilines is 2. The lowest BCUT2D eigenvalue weighted by Gasteiger charge is -2.36. The first kappa shape index (κ1) is 29.9. The standard InChI is InChI=1S/C33H31ClN8O3S/c1-2-30(43)40-16-14-25-28(20-40)36-21-37-32(25)41-15-8-9-22(18-41)38-33-35-17-27(34)31(39-33)26-19-42(29-13-7-6-12-24(26)29)46(44,45)23-10-4-3-5-11-23/h2-7,10-13,17,19,21-22H,1,8-9,14-16,18,20H2,(H,35,38,39)/t22-/m1/s1. The van der Waals surface area contributed by atoms with Crippen LogP contribution in [0.4, 0.5) is 11.8 Å². The predicted molar refractivity (Wildman–Crippen MR) is 177 cm³/mol. The molecule has 2 aromatic carbocycles. The molecule has 1 saturated heterocycles. The minimum Gasteiger partial charge on any atom is -0.354 e. The van der Waals surface area contributed by atoms with Gasteiger partial charge in [-0.2, -0.15) is 0 Å². The van der Waals surface area contributed by atoms with Crippen LogP contribution < -0.4 is 10.2 Å². The van der Waals surface area contributed by atoms with Gasteiger partial charge in [0.15, 0.2) is 0 Å². The lowest BCUT2D eigenvalue weighted by Crippen LogP contribution is -2.44. The van der Waals surface area contributed by atoms with Crippen LogP contribution in [0.3, 0.4) is 0 Å². The highest BCUT2D eigenvalue weighted by Gasteiger charge is 2.29. The van der Waals surface area contributed by atoms with E-state index in [1.807, 2.05) is 12.1 Å². The van der Waals surface area contributed by atoms with Crippen molar-refractivity contribution < 1.29 is 13.2 Å². The molecule has 1 fully saturated rings. The molecule has 0 radical (unpaired) electrons. The van der Waals surface area contributed by atoms with Gasteiger partial charge in [-0.25, -0.2) is 32.3 Å². The summed E-state index contributed by atoms with van der Waals surface area (Å²) < 4.78 is 28.6. The van der Waals surface area contributed by atoms with E-state index in [0.29, 0.717) is 59.2 Å². The molecule has 13 heteroatoms. The summed E-state index contributed by atoms with van der Waals surface area (Å²) in [6.07, 6.45) is 8.54. The quantitative estimate of drug-likeness (QED) is 0.243. The third kappa shape index (κ3) is 5.47. The van der Waals surface area contributed by atoms with Crippen LogP contribution in [0.2, 0.25) is 5.02 Å². The normalized spacial score (nSPS) is 16.7. The second-order valence-electron chi connectivity index (χ2n) is 11.3. The summed E-state index contributed by atoms with van der Waals surface area (Å²) in [5.41, 5.74) is 3.49. The minimum absolute atomic E-state index is 0.0237. The van der Waals surface area contributed by atoms with Crippen molar-refractivity contribution in [2.24, 2.45) is 0 Å². The van der Waals surface area contributed by atoms with Gasteiger partial charge < -0.3 is 15.1 Å². The van der Waals surface area contributed by atoms with Gasteiger partial charge in [-0.15, -0.1) is 0 Å². The number of nitrogens with zero attached hydrogens (tertiary/aromatic N) is 7. The van der Waals surface area contributed by atoms with Crippen molar-refractivity contribution in [1.29, 1.82) is 0 Å². The van der Waals surface area contributed by atoms with Crippen molar-refractivity contribution in [1.82, 2.24) is 28.8 Å². The van der Waals surface area contributed by atoms with Gasteiger partial charge in [-0.3, -0.25) is 4.79 Å². The number of hydrogen-bond acceptors (Lipinski definition) is 9. The molecule has 46 heavy (non-hydrogen) atoms. The van der Waals surface area contributed by atoms with Crippen LogP contribution in [-0.4, -0.2) is 68.8 Å². The molecule has 1 N–H and O–H groups in total. The highest BCUT2D eigenvalue weighted by atomic mass is 35.5. The van der Waals surface area contributed by atoms with E-state index in [2.05, 4.69) is 31.7 Å². The second kappa shape index (κ2) is 12.2. The molecule has 5 aromatic rings. The Morgan fingerprint density at radius 2 is 1.85 bits per heavy atom. The molecule has 2 aliphatic heterocycles. The number of fused-ring (bicyclic) bond motifs is 2. The fraction of sp³-hybridized carbons (Fsp3) is 0.242. The molecule has 0 spiro atoms. The zero-order chi connectivity index (χ0) is 31.8. The van der Waals surface area contributed by atoms with E-state index in [9.17, 15) is 13.2 Å². The van der Waals surface area contributed by atoms with Gasteiger partial charge in [0, 0.05) is 48.4 Å². The van der Waals surface area contributed by atoms with Crippen molar-refractivity contribution in [3.05, 3.63) is 102 Å². The summed E-state index contributed by atoms with van der Waals surface area (Å²) in [6.45, 7) is 6.16. The molecular formula is C33H31ClN8O3S. The van der Waals surface area contributed by atoms with Crippen LogP contribution in [0, 0.1) is 0 Å². The maximum Gasteiger partial charge on any atom is 0.268 e. The summed E-state index contributed by atoms with van der Waals surface area (Å²) in [4.78, 5) is 34.8. The monoisotopic (exact) mass is 654 g/mol. The minimum atomic E-state index is -3.87. The second-order valence-corrected chi connectivity index (χ2v) is 13.6. The first-order valence-corrected chi connectivity index (χ1v) is 16.8. The van der Waals surface area contributed by atoms with Crippen molar-refractivity contribution in [2.45, 2.75) is 36.7 Å². The van der Waals surface area contributed by atoms with Crippen LogP contribution in [-0.2, 0) is 27.8 Å². The Hall–Kier alpha value is -4.81. The van der Waals surface area contributed by atoms with E-state index in [-0.39, 0.29) is 16.8 Å². The fourth-order valence-electron chi connectivity index (χ4n) is 6.27. The Kier molecular flexibility index (Phi) is 7.91. The summed E-state index contributed by atoms with van der Waals surface area (Å²) in [6, 6.07) is 15.6. The van der Waals surface area contributed by atoms with Crippen LogP contribution in [0.15, 0.2) is 90.9 Å². The van der Waals surface area contributed by atoms with Gasteiger partial charge in [-0.05, 0) is 43.5 Å². The molecule has 0 bridgehead atoms. The van der Waals surface area contributed by atoms with Crippen molar-refractivity contribution in [3.8, 4) is 11.3 Å². The highest BCUT2D eigenvalue weighted by Crippen LogP contribution is 2.36. The smallest absolute Gasteiger partial charge is 0.268 e. The average molecular weight is 655 g/mol. The first-order chi connectivity index (χ1) is 22.3. The lowest BCUT2D eigenvalue weighted by molar-refractivity contribution is -0.126. The Labute approximate surface area is 271 Å². The third-order valence-corrected chi connectivity index (χ3v) is 10.5. The molecule has 7 rings (SSSR count). The zero-order valence-electron chi connectivity index (χ0n) is 24.9. The van der Waals surface area contributed by atoms with Gasteiger partial charge >= 0.3 is 0 Å². The fourth-order valence-corrected chi connectivity index (χ4v) is 7.85. The van der Waals surface area contributed by atoms with Crippen LogP contribution in [0.25, 0.3) is 22.2 Å². The van der Waals surface area contributed by atoms with E-state index in [0.717, 1.165) is 36.5 Å². The highest BCUT2D eigenvalue weighted by molar-refractivity contribution is 7.90. The Bertz CT molecular complexity index is 2070. The number of benzene rings is 2. The number of halogens is 1. The first-order valence-electron chi connectivity index (χ1n) is 15.0. The summed E-state index contributed by atoms with van der Waals surface area (Å²) in [5, 5.41) is 4.50. The van der Waals surface area contributed by atoms with Gasteiger partial charge in [-0.1, -0.05) is 54.6 Å². The molecule has 234 valence electrons. The summed E-state index contributed by atoms with van der Waals surface area (Å²) >= 11 is 6.66. The molecule has 0 unspecified atom stereocenters. The zero-order valence-corrected chi connectivity index (χ0v) is 26.5. The molecule has 0 saturated carbocycles. The Morgan fingerprint density at radius 3 is 2.67 bits per heavy atom. The van der Waals surface area contributed by atoms with Crippen molar-refractivity contribution in [3.63, 3.8) is 0 Å². The van der Waals surface area contributed by atoms with Gasteiger partial charge in [0.2, 0.25) is 11.9 Å². The number of carbonyl (C=O) groups is 1. The molecule has 5 heterocycles. The van der Waals surface area contributed by atoms with E-state index < -0.39 is 10.0 Å². The van der Waals surface area contributed by atoms with Crippen LogP contribution in [0.1, 0.15) is 24.1 Å². The van der Waals surface area contributed by atoms with Crippen molar-refractivity contribution in [2.75, 3.05) is 29.9 Å². The number of rotatable bonds is 7. The Morgan fingerprint density at radius 1 is 1.04 bits per heavy atom. The van der Waals surface area contributed by atoms with Crippen LogP contribution >= 0.6 is 11.6 Å². The molecule has 1 amide bonds. The average Bonchev–Trinajstić information content (AvgIpc) is 3.49. The molecule has 0 aliphatic carbocycles. The van der Waals surface area contributed by atoms with E-state index in [1.54, 1.807) is 66.1 Å². The number of hydrogen-bond donors (Lipinski definition) is 1. The SMILES string of the molecule is C=CC(=O)N1CCc2c(ncnc2N2CCC[C@@H](Nc3ncc(Cl)c(-c4cn(S(=O)(=O)c5ccccc5)c5ccccc45)n3)C2)C1. The number of nitrogens with one attached hydrogen (secondary N) is 1. The number of aromatic nitrogens is 5. The predicted octanol–water partition coefficient (Wildman–Crippen LogP) is 4.93. The van der Waals surface area contributed by atoms with E-state index in [1.165, 1.54) is 10.0 Å². The molecule has 1 atom stereocenters. The number of piperidine rings is 1. The number of para-hydroxylation sites is 1. The van der Waals surface area contributed by atoms with Gasteiger partial charge in [0.1, 0.15) is 12.1 Å². The molecule has 11 nitrogen and oxygen atoms in total. The maximum absolute atomic E-state index is 13.7. The number of carbonyl (C=O) groups excluding carboxylic acids is 1. The van der Waals surface area contributed by atoms with E-state index in [4.69, 9.17) is 16.6 Å². The number of amides is 1. The van der Waals surface area contributed by atoms with Crippen molar-refractivity contribution >= 4 is 50.2 Å². The van der Waals surface area contributed by atoms with Gasteiger partial charge in [0.25, 0.3) is 10.0 Å². The molecular weight excluding hydrogens is 624 g/mol. The summed E-state index contributed by atoms with van der Waals surface area (Å²) in [7, 11) is -3.87. The largest absolute Gasteiger partial charge is 0.354 e. The molecule has 3 aromatic heterocycles. The van der Waals surface area contributed by atoms with E-state index >= 15 is 0 Å². The lowest BCUT2D eigenvalue weighted by atomic mass is 10.0. The van der Waals surface area contributed by atoms with Gasteiger partial charge in [0.05, 0.1) is 39.6 Å². The third-order valence-electron chi connectivity index (χ3n) is 8.50.